The molecule has 1 aliphatic heterocycles. The summed E-state index contributed by atoms with van der Waals surface area (Å²) >= 11 is 0. The van der Waals surface area contributed by atoms with E-state index in [1.165, 1.54) is 5.56 Å². The number of phenolic OH excluding ortho intramolecular Hbond substituents is 1. The van der Waals surface area contributed by atoms with Crippen LogP contribution in [0.25, 0.3) is 0 Å². The Bertz CT molecular complexity index is 675. The Morgan fingerprint density at radius 1 is 1.17 bits per heavy atom. The molecule has 24 heavy (non-hydrogen) atoms. The third kappa shape index (κ3) is 4.34. The zero-order chi connectivity index (χ0) is 16.8. The molecule has 5 heteroatoms. The zero-order valence-corrected chi connectivity index (χ0v) is 13.5. The molecule has 1 saturated heterocycles. The fraction of sp³-hybridized carbons (Fsp3) is 0.316. The molecule has 0 radical (unpaired) electrons. The van der Waals surface area contributed by atoms with Gasteiger partial charge in [-0.2, -0.15) is 0 Å². The molecular weight excluding hydrogens is 302 g/mol. The molecule has 0 saturated carbocycles. The van der Waals surface area contributed by atoms with Crippen LogP contribution in [0.2, 0.25) is 0 Å². The summed E-state index contributed by atoms with van der Waals surface area (Å²) in [6.07, 6.45) is 1.05. The number of phenols is 1. The second-order valence-electron chi connectivity index (χ2n) is 6.15. The molecule has 126 valence electrons. The van der Waals surface area contributed by atoms with E-state index in [0.717, 1.165) is 12.1 Å². The predicted octanol–water partition coefficient (Wildman–Crippen LogP) is 1.91. The minimum atomic E-state index is 0.0389. The summed E-state index contributed by atoms with van der Waals surface area (Å²) in [6.45, 7) is 1.46. The van der Waals surface area contributed by atoms with Crippen LogP contribution in [0.1, 0.15) is 23.6 Å². The average molecular weight is 325 g/mol. The normalized spacial score (nSPS) is 20.0. The van der Waals surface area contributed by atoms with E-state index in [9.17, 15) is 9.90 Å². The third-order valence-electron chi connectivity index (χ3n) is 4.36. The molecule has 0 aliphatic carbocycles. The number of rotatable bonds is 6. The van der Waals surface area contributed by atoms with Gasteiger partial charge >= 0.3 is 0 Å². The van der Waals surface area contributed by atoms with Crippen LogP contribution >= 0.6 is 0 Å². The van der Waals surface area contributed by atoms with Gasteiger partial charge in [-0.25, -0.2) is 5.43 Å². The number of carbonyl (C=O) groups excluding carboxylic acids is 1. The summed E-state index contributed by atoms with van der Waals surface area (Å²) < 4.78 is 0. The first-order chi connectivity index (χ1) is 11.7. The predicted molar refractivity (Wildman–Crippen MR) is 93.2 cm³/mol. The van der Waals surface area contributed by atoms with Crippen molar-refractivity contribution >= 4 is 5.91 Å². The van der Waals surface area contributed by atoms with Crippen molar-refractivity contribution < 1.29 is 9.90 Å². The van der Waals surface area contributed by atoms with Crippen LogP contribution in [-0.4, -0.2) is 24.1 Å². The highest BCUT2D eigenvalue weighted by atomic mass is 16.3. The second kappa shape index (κ2) is 7.95. The van der Waals surface area contributed by atoms with E-state index >= 15 is 0 Å². The first-order valence-corrected chi connectivity index (χ1v) is 8.30. The van der Waals surface area contributed by atoms with E-state index in [1.54, 1.807) is 18.2 Å². The zero-order valence-electron chi connectivity index (χ0n) is 13.5. The van der Waals surface area contributed by atoms with Crippen molar-refractivity contribution in [3.63, 3.8) is 0 Å². The van der Waals surface area contributed by atoms with Gasteiger partial charge in [0.1, 0.15) is 5.75 Å². The lowest BCUT2D eigenvalue weighted by atomic mass is 9.95. The van der Waals surface area contributed by atoms with Crippen molar-refractivity contribution in [3.8, 4) is 5.75 Å². The summed E-state index contributed by atoms with van der Waals surface area (Å²) in [6, 6.07) is 17.5. The van der Waals surface area contributed by atoms with E-state index < -0.39 is 0 Å². The maximum absolute atomic E-state index is 12.1. The molecule has 0 bridgehead atoms. The molecule has 0 aromatic heterocycles. The molecule has 0 spiro atoms. The highest BCUT2D eigenvalue weighted by Gasteiger charge is 2.28. The van der Waals surface area contributed by atoms with Crippen molar-refractivity contribution in [1.29, 1.82) is 0 Å². The lowest BCUT2D eigenvalue weighted by molar-refractivity contribution is -0.121. The van der Waals surface area contributed by atoms with Gasteiger partial charge in [0.25, 0.3) is 0 Å². The molecule has 5 nitrogen and oxygen atoms in total. The number of benzene rings is 2. The Balaban J connectivity index is 1.47. The summed E-state index contributed by atoms with van der Waals surface area (Å²) in [5, 5.41) is 12.5. The maximum atomic E-state index is 12.1. The highest BCUT2D eigenvalue weighted by Crippen LogP contribution is 2.24. The fourth-order valence-electron chi connectivity index (χ4n) is 3.04. The molecule has 2 atom stereocenters. The van der Waals surface area contributed by atoms with Gasteiger partial charge in [-0.3, -0.25) is 10.2 Å². The van der Waals surface area contributed by atoms with E-state index in [1.807, 2.05) is 24.3 Å². The second-order valence-corrected chi connectivity index (χ2v) is 6.15. The van der Waals surface area contributed by atoms with Crippen molar-refractivity contribution in [3.05, 3.63) is 65.7 Å². The number of nitrogens with one attached hydrogen (secondary N) is 3. The van der Waals surface area contributed by atoms with Crippen LogP contribution in [0.15, 0.2) is 54.6 Å². The molecule has 2 unspecified atom stereocenters. The topological polar surface area (TPSA) is 73.4 Å². The fourth-order valence-corrected chi connectivity index (χ4v) is 3.04. The Hall–Kier alpha value is -2.37. The van der Waals surface area contributed by atoms with Crippen LogP contribution in [0, 0.1) is 5.92 Å². The Morgan fingerprint density at radius 2 is 2.00 bits per heavy atom. The number of carbonyl (C=O) groups is 1. The number of aryl methyl sites for hydroxylation is 1. The third-order valence-corrected chi connectivity index (χ3v) is 4.36. The number of hydrazine groups is 1. The first kappa shape index (κ1) is 16.5. The number of aromatic hydroxyl groups is 1. The monoisotopic (exact) mass is 325 g/mol. The van der Waals surface area contributed by atoms with E-state index in [2.05, 4.69) is 28.3 Å². The summed E-state index contributed by atoms with van der Waals surface area (Å²) in [7, 11) is 0. The van der Waals surface area contributed by atoms with Crippen LogP contribution < -0.4 is 16.2 Å². The maximum Gasteiger partial charge on any atom is 0.220 e. The van der Waals surface area contributed by atoms with Crippen LogP contribution in [0.4, 0.5) is 0 Å². The quantitative estimate of drug-likeness (QED) is 0.655. The first-order valence-electron chi connectivity index (χ1n) is 8.30. The molecule has 4 N–H and O–H groups in total. The molecule has 3 rings (SSSR count). The lowest BCUT2D eigenvalue weighted by Crippen LogP contribution is -2.32. The van der Waals surface area contributed by atoms with Crippen molar-refractivity contribution in [1.82, 2.24) is 16.2 Å². The molecule has 1 fully saturated rings. The minimum Gasteiger partial charge on any atom is -0.508 e. The van der Waals surface area contributed by atoms with Gasteiger partial charge in [-0.15, -0.1) is 0 Å². The average Bonchev–Trinajstić information content (AvgIpc) is 3.07. The largest absolute Gasteiger partial charge is 0.508 e. The van der Waals surface area contributed by atoms with Crippen LogP contribution in [-0.2, 0) is 11.2 Å². The Morgan fingerprint density at radius 3 is 2.79 bits per heavy atom. The summed E-state index contributed by atoms with van der Waals surface area (Å²) in [5.74, 6) is 0.593. The van der Waals surface area contributed by atoms with E-state index in [0.29, 0.717) is 25.3 Å². The Kier molecular flexibility index (Phi) is 5.46. The van der Waals surface area contributed by atoms with Gasteiger partial charge in [-0.1, -0.05) is 42.5 Å². The van der Waals surface area contributed by atoms with Gasteiger partial charge in [0, 0.05) is 25.4 Å². The number of amides is 1. The molecule has 2 aromatic rings. The van der Waals surface area contributed by atoms with Gasteiger partial charge in [0.2, 0.25) is 5.91 Å². The van der Waals surface area contributed by atoms with E-state index in [4.69, 9.17) is 0 Å². The van der Waals surface area contributed by atoms with E-state index in [-0.39, 0.29) is 17.7 Å². The van der Waals surface area contributed by atoms with Gasteiger partial charge in [0.05, 0.1) is 6.04 Å². The minimum absolute atomic E-state index is 0.0389. The van der Waals surface area contributed by atoms with Crippen molar-refractivity contribution in [2.45, 2.75) is 18.9 Å². The standard InChI is InChI=1S/C19H23N3O2/c23-17-8-4-5-14(11-17)9-10-18(24)20-12-16-13-21-22-19(16)15-6-2-1-3-7-15/h1-8,11,16,19,21-23H,9-10,12-13H2,(H,20,24). The molecular formula is C19H23N3O2. The van der Waals surface area contributed by atoms with Crippen LogP contribution in [0.3, 0.4) is 0 Å². The lowest BCUT2D eigenvalue weighted by Gasteiger charge is -2.19. The number of hydrogen-bond acceptors (Lipinski definition) is 4. The van der Waals surface area contributed by atoms with Gasteiger partial charge in [-0.05, 0) is 29.7 Å². The van der Waals surface area contributed by atoms with Gasteiger partial charge < -0.3 is 10.4 Å². The van der Waals surface area contributed by atoms with Crippen molar-refractivity contribution in [2.75, 3.05) is 13.1 Å². The molecule has 2 aromatic carbocycles. The Labute approximate surface area is 142 Å². The van der Waals surface area contributed by atoms with Crippen molar-refractivity contribution in [2.24, 2.45) is 5.92 Å². The number of hydrogen-bond donors (Lipinski definition) is 4. The molecule has 1 aliphatic rings. The van der Waals surface area contributed by atoms with Crippen LogP contribution in [0.5, 0.6) is 5.75 Å². The summed E-state index contributed by atoms with van der Waals surface area (Å²) in [4.78, 5) is 12.1. The molecule has 1 heterocycles. The van der Waals surface area contributed by atoms with Gasteiger partial charge in [0.15, 0.2) is 0 Å². The smallest absolute Gasteiger partial charge is 0.220 e. The summed E-state index contributed by atoms with van der Waals surface area (Å²) in [5.41, 5.74) is 8.65. The molecule has 1 amide bonds. The highest BCUT2D eigenvalue weighted by molar-refractivity contribution is 5.76. The SMILES string of the molecule is O=C(CCc1cccc(O)c1)NCC1CNNC1c1ccccc1.